The summed E-state index contributed by atoms with van der Waals surface area (Å²) in [6, 6.07) is 0. The zero-order chi connectivity index (χ0) is 15.7. The first-order valence-corrected chi connectivity index (χ1v) is 9.22. The average molecular weight is 342 g/mol. The van der Waals surface area contributed by atoms with Crippen LogP contribution in [0.15, 0.2) is 22.8 Å². The summed E-state index contributed by atoms with van der Waals surface area (Å²) in [6.45, 7) is 4.20. The summed E-state index contributed by atoms with van der Waals surface area (Å²) in [4.78, 5) is 12.9. The van der Waals surface area contributed by atoms with Crippen LogP contribution < -0.4 is 10.0 Å². The zero-order valence-electron chi connectivity index (χ0n) is 12.2. The number of sulfonamides is 1. The number of nitrogens with zero attached hydrogens (tertiary/aromatic N) is 5. The van der Waals surface area contributed by atoms with Crippen molar-refractivity contribution in [1.29, 1.82) is 0 Å². The van der Waals surface area contributed by atoms with Crippen LogP contribution in [0.4, 0.5) is 5.13 Å². The Morgan fingerprint density at radius 2 is 2.00 bits per heavy atom. The van der Waals surface area contributed by atoms with E-state index in [4.69, 9.17) is 5.14 Å². The Hall–Kier alpha value is -1.49. The van der Waals surface area contributed by atoms with Crippen molar-refractivity contribution in [2.45, 2.75) is 10.8 Å². The molecule has 0 spiro atoms. The molecule has 2 aromatic heterocycles. The van der Waals surface area contributed by atoms with Crippen LogP contribution in [0.2, 0.25) is 0 Å². The van der Waals surface area contributed by atoms with Gasteiger partial charge in [0, 0.05) is 45.6 Å². The Morgan fingerprint density at radius 1 is 1.27 bits per heavy atom. The van der Waals surface area contributed by atoms with Crippen molar-refractivity contribution < 1.29 is 8.42 Å². The average Bonchev–Trinajstić information content (AvgIpc) is 3.09. The summed E-state index contributed by atoms with van der Waals surface area (Å²) in [5.74, 6) is 1.04. The molecule has 0 amide bonds. The number of anilines is 1. The molecule has 0 unspecified atom stereocenters. The lowest BCUT2D eigenvalue weighted by Gasteiger charge is -2.34. The van der Waals surface area contributed by atoms with Crippen LogP contribution in [-0.4, -0.2) is 54.0 Å². The van der Waals surface area contributed by atoms with E-state index in [1.807, 2.05) is 17.8 Å². The Kier molecular flexibility index (Phi) is 4.17. The minimum absolute atomic E-state index is 0.109. The first kappa shape index (κ1) is 15.4. The van der Waals surface area contributed by atoms with Gasteiger partial charge in [-0.25, -0.2) is 23.5 Å². The SMILES string of the molecule is Cn1ccnc1CN1CCN(c2ncc(S(N)(=O)=O)s2)CC1. The highest BCUT2D eigenvalue weighted by Crippen LogP contribution is 2.26. The monoisotopic (exact) mass is 342 g/mol. The number of primary sulfonamides is 1. The second-order valence-electron chi connectivity index (χ2n) is 5.22. The van der Waals surface area contributed by atoms with E-state index in [-0.39, 0.29) is 4.21 Å². The molecule has 1 aliphatic heterocycles. The van der Waals surface area contributed by atoms with Crippen molar-refractivity contribution in [2.24, 2.45) is 12.2 Å². The van der Waals surface area contributed by atoms with Crippen LogP contribution in [0.5, 0.6) is 0 Å². The van der Waals surface area contributed by atoms with Gasteiger partial charge < -0.3 is 9.47 Å². The summed E-state index contributed by atoms with van der Waals surface area (Å²) in [7, 11) is -1.67. The highest BCUT2D eigenvalue weighted by Gasteiger charge is 2.22. The summed E-state index contributed by atoms with van der Waals surface area (Å²) < 4.78 is 24.7. The number of nitrogens with two attached hydrogens (primary N) is 1. The molecule has 0 saturated carbocycles. The summed E-state index contributed by atoms with van der Waals surface area (Å²) >= 11 is 1.12. The molecule has 0 bridgehead atoms. The first-order valence-electron chi connectivity index (χ1n) is 6.85. The third-order valence-electron chi connectivity index (χ3n) is 3.68. The van der Waals surface area contributed by atoms with Crippen molar-refractivity contribution in [1.82, 2.24) is 19.4 Å². The lowest BCUT2D eigenvalue weighted by Crippen LogP contribution is -2.46. The molecule has 120 valence electrons. The van der Waals surface area contributed by atoms with Gasteiger partial charge in [0.25, 0.3) is 0 Å². The summed E-state index contributed by atoms with van der Waals surface area (Å²) in [5.41, 5.74) is 0. The van der Waals surface area contributed by atoms with Gasteiger partial charge in [-0.15, -0.1) is 0 Å². The van der Waals surface area contributed by atoms with E-state index >= 15 is 0 Å². The van der Waals surface area contributed by atoms with Crippen molar-refractivity contribution in [3.8, 4) is 0 Å². The fraction of sp³-hybridized carbons (Fsp3) is 0.500. The molecule has 8 nitrogen and oxygen atoms in total. The number of piperazine rings is 1. The van der Waals surface area contributed by atoms with Crippen LogP contribution in [0.1, 0.15) is 5.82 Å². The molecule has 0 atom stereocenters. The van der Waals surface area contributed by atoms with Gasteiger partial charge >= 0.3 is 0 Å². The molecule has 2 N–H and O–H groups in total. The highest BCUT2D eigenvalue weighted by molar-refractivity contribution is 7.91. The Morgan fingerprint density at radius 3 is 2.55 bits per heavy atom. The molecule has 22 heavy (non-hydrogen) atoms. The van der Waals surface area contributed by atoms with E-state index in [9.17, 15) is 8.42 Å². The van der Waals surface area contributed by atoms with E-state index in [1.54, 1.807) is 6.20 Å². The van der Waals surface area contributed by atoms with Crippen LogP contribution in [0.25, 0.3) is 0 Å². The number of thiazole rings is 1. The van der Waals surface area contributed by atoms with Gasteiger partial charge in [-0.3, -0.25) is 4.90 Å². The Labute approximate surface area is 133 Å². The van der Waals surface area contributed by atoms with Crippen molar-refractivity contribution in [3.63, 3.8) is 0 Å². The zero-order valence-corrected chi connectivity index (χ0v) is 13.8. The van der Waals surface area contributed by atoms with E-state index in [1.165, 1.54) is 6.20 Å². The van der Waals surface area contributed by atoms with Gasteiger partial charge in [-0.2, -0.15) is 0 Å². The van der Waals surface area contributed by atoms with Gasteiger partial charge in [0.15, 0.2) is 9.34 Å². The highest BCUT2D eigenvalue weighted by atomic mass is 32.2. The maximum Gasteiger partial charge on any atom is 0.249 e. The minimum atomic E-state index is -3.66. The predicted octanol–water partition coefficient (Wildman–Crippen LogP) is -0.154. The standard InChI is InChI=1S/C12H18N6O2S2/c1-16-3-2-14-10(16)9-17-4-6-18(7-5-17)12-15-8-11(21-12)22(13,19)20/h2-3,8H,4-7,9H2,1H3,(H2,13,19,20). The van der Waals surface area contributed by atoms with Crippen LogP contribution in [0, 0.1) is 0 Å². The van der Waals surface area contributed by atoms with Gasteiger partial charge in [0.2, 0.25) is 10.0 Å². The lowest BCUT2D eigenvalue weighted by molar-refractivity contribution is 0.242. The third kappa shape index (κ3) is 3.29. The van der Waals surface area contributed by atoms with Crippen molar-refractivity contribution in [2.75, 3.05) is 31.1 Å². The van der Waals surface area contributed by atoms with Crippen LogP contribution in [0.3, 0.4) is 0 Å². The smallest absolute Gasteiger partial charge is 0.249 e. The van der Waals surface area contributed by atoms with Crippen molar-refractivity contribution >= 4 is 26.5 Å². The molecule has 1 fully saturated rings. The van der Waals surface area contributed by atoms with Crippen LogP contribution >= 0.6 is 11.3 Å². The van der Waals surface area contributed by atoms with E-state index < -0.39 is 10.0 Å². The Balaban J connectivity index is 1.60. The molecular weight excluding hydrogens is 324 g/mol. The molecular formula is C12H18N6O2S2. The number of aromatic nitrogens is 3. The van der Waals surface area contributed by atoms with Gasteiger partial charge in [-0.05, 0) is 0 Å². The maximum absolute atomic E-state index is 11.3. The molecule has 0 radical (unpaired) electrons. The van der Waals surface area contributed by atoms with Crippen LogP contribution in [-0.2, 0) is 23.6 Å². The molecule has 3 rings (SSSR count). The lowest BCUT2D eigenvalue weighted by atomic mass is 10.3. The third-order valence-corrected chi connectivity index (χ3v) is 6.15. The van der Waals surface area contributed by atoms with E-state index in [0.29, 0.717) is 5.13 Å². The Bertz CT molecular complexity index is 745. The molecule has 2 aromatic rings. The second kappa shape index (κ2) is 5.95. The largest absolute Gasteiger partial charge is 0.345 e. The molecule has 1 aliphatic rings. The number of rotatable bonds is 4. The maximum atomic E-state index is 11.3. The molecule has 0 aromatic carbocycles. The summed E-state index contributed by atoms with van der Waals surface area (Å²) in [5, 5.41) is 5.83. The summed E-state index contributed by atoms with van der Waals surface area (Å²) in [6.07, 6.45) is 5.07. The number of aryl methyl sites for hydroxylation is 1. The first-order chi connectivity index (χ1) is 10.4. The normalized spacial score (nSPS) is 17.1. The molecule has 10 heteroatoms. The number of hydrogen-bond donors (Lipinski definition) is 1. The predicted molar refractivity (Wildman–Crippen MR) is 84.2 cm³/mol. The van der Waals surface area contributed by atoms with E-state index in [0.717, 1.165) is 49.9 Å². The van der Waals surface area contributed by atoms with E-state index in [2.05, 4.69) is 19.8 Å². The second-order valence-corrected chi connectivity index (χ2v) is 8.02. The fourth-order valence-corrected chi connectivity index (χ4v) is 3.96. The van der Waals surface area contributed by atoms with Gasteiger partial charge in [0.1, 0.15) is 5.82 Å². The fourth-order valence-electron chi connectivity index (χ4n) is 2.37. The van der Waals surface area contributed by atoms with Crippen molar-refractivity contribution in [3.05, 3.63) is 24.4 Å². The van der Waals surface area contributed by atoms with Gasteiger partial charge in [-0.1, -0.05) is 11.3 Å². The quantitative estimate of drug-likeness (QED) is 0.830. The molecule has 0 aliphatic carbocycles. The number of imidazole rings is 1. The topological polar surface area (TPSA) is 97.3 Å². The minimum Gasteiger partial charge on any atom is -0.345 e. The van der Waals surface area contributed by atoms with Gasteiger partial charge in [0.05, 0.1) is 12.7 Å². The molecule has 1 saturated heterocycles. The molecule has 3 heterocycles. The number of hydrogen-bond acceptors (Lipinski definition) is 7.